The molecule has 16 heavy (non-hydrogen) atoms. The van der Waals surface area contributed by atoms with Crippen molar-refractivity contribution in [3.8, 4) is 0 Å². The van der Waals surface area contributed by atoms with Gasteiger partial charge in [0.2, 0.25) is 11.8 Å². The molecule has 0 aromatic rings. The highest BCUT2D eigenvalue weighted by molar-refractivity contribution is 5.94. The molecular formula is C12H17F2NO. The predicted molar refractivity (Wildman–Crippen MR) is 57.2 cm³/mol. The van der Waals surface area contributed by atoms with Crippen molar-refractivity contribution >= 4 is 5.91 Å². The van der Waals surface area contributed by atoms with Gasteiger partial charge >= 0.3 is 0 Å². The molecule has 1 saturated carbocycles. The van der Waals surface area contributed by atoms with Gasteiger partial charge in [0.1, 0.15) is 0 Å². The molecule has 1 N–H and O–H groups in total. The second-order valence-electron chi connectivity index (χ2n) is 4.95. The van der Waals surface area contributed by atoms with Gasteiger partial charge < -0.3 is 5.32 Å². The molecule has 90 valence electrons. The second kappa shape index (κ2) is 4.15. The molecule has 0 aromatic heterocycles. The van der Waals surface area contributed by atoms with Crippen molar-refractivity contribution in [2.24, 2.45) is 5.92 Å². The van der Waals surface area contributed by atoms with Crippen LogP contribution in [0.3, 0.4) is 0 Å². The van der Waals surface area contributed by atoms with Gasteiger partial charge in [-0.3, -0.25) is 4.79 Å². The minimum atomic E-state index is -2.49. The molecule has 2 aliphatic carbocycles. The number of alkyl halides is 2. The first-order valence-electron chi connectivity index (χ1n) is 5.82. The highest BCUT2D eigenvalue weighted by Crippen LogP contribution is 2.41. The molecule has 0 spiro atoms. The molecule has 2 nitrogen and oxygen atoms in total. The SMILES string of the molecule is CC1=C(C(=O)NCC2CC(F)(F)C2)CCC1. The van der Waals surface area contributed by atoms with Gasteiger partial charge in [0.25, 0.3) is 0 Å². The van der Waals surface area contributed by atoms with Crippen LogP contribution in [0.1, 0.15) is 39.0 Å². The molecule has 0 saturated heterocycles. The van der Waals surface area contributed by atoms with Crippen LogP contribution in [0, 0.1) is 5.92 Å². The number of amides is 1. The summed E-state index contributed by atoms with van der Waals surface area (Å²) in [5.41, 5.74) is 2.02. The summed E-state index contributed by atoms with van der Waals surface area (Å²) in [5, 5.41) is 2.76. The van der Waals surface area contributed by atoms with E-state index in [2.05, 4.69) is 5.32 Å². The largest absolute Gasteiger partial charge is 0.352 e. The van der Waals surface area contributed by atoms with E-state index in [-0.39, 0.29) is 24.7 Å². The first-order valence-corrected chi connectivity index (χ1v) is 5.82. The van der Waals surface area contributed by atoms with Crippen molar-refractivity contribution in [2.45, 2.75) is 45.0 Å². The molecule has 0 bridgehead atoms. The number of hydrogen-bond donors (Lipinski definition) is 1. The van der Waals surface area contributed by atoms with Crippen LogP contribution >= 0.6 is 0 Å². The number of halogens is 2. The van der Waals surface area contributed by atoms with Gasteiger partial charge in [-0.2, -0.15) is 0 Å². The lowest BCUT2D eigenvalue weighted by Gasteiger charge is -2.34. The lowest BCUT2D eigenvalue weighted by Crippen LogP contribution is -2.42. The summed E-state index contributed by atoms with van der Waals surface area (Å²) in [5.74, 6) is -2.58. The maximum Gasteiger partial charge on any atom is 0.248 e. The molecule has 0 heterocycles. The summed E-state index contributed by atoms with van der Waals surface area (Å²) in [6.45, 7) is 2.37. The Labute approximate surface area is 94.1 Å². The van der Waals surface area contributed by atoms with E-state index < -0.39 is 5.92 Å². The topological polar surface area (TPSA) is 29.1 Å². The standard InChI is InChI=1S/C12H17F2NO/c1-8-3-2-4-10(8)11(16)15-7-9-5-12(13,14)6-9/h9H,2-7H2,1H3,(H,15,16). The van der Waals surface area contributed by atoms with Crippen LogP contribution in [-0.4, -0.2) is 18.4 Å². The third-order valence-electron chi connectivity index (χ3n) is 3.49. The minimum Gasteiger partial charge on any atom is -0.352 e. The van der Waals surface area contributed by atoms with Gasteiger partial charge in [-0.25, -0.2) is 8.78 Å². The molecule has 1 amide bonds. The molecular weight excluding hydrogens is 212 g/mol. The second-order valence-corrected chi connectivity index (χ2v) is 4.95. The summed E-state index contributed by atoms with van der Waals surface area (Å²) < 4.78 is 25.1. The number of allylic oxidation sites excluding steroid dienone is 1. The Balaban J connectivity index is 1.75. The van der Waals surface area contributed by atoms with Gasteiger partial charge in [0.05, 0.1) is 0 Å². The molecule has 4 heteroatoms. The molecule has 0 unspecified atom stereocenters. The zero-order chi connectivity index (χ0) is 11.8. The Bertz CT molecular complexity index is 328. The van der Waals surface area contributed by atoms with Crippen molar-refractivity contribution in [3.63, 3.8) is 0 Å². The summed E-state index contributed by atoms with van der Waals surface area (Å²) in [4.78, 5) is 11.7. The van der Waals surface area contributed by atoms with E-state index in [9.17, 15) is 13.6 Å². The van der Waals surface area contributed by atoms with Crippen LogP contribution in [-0.2, 0) is 4.79 Å². The van der Waals surface area contributed by atoms with E-state index >= 15 is 0 Å². The lowest BCUT2D eigenvalue weighted by molar-refractivity contribution is -0.123. The van der Waals surface area contributed by atoms with Gasteiger partial charge in [-0.1, -0.05) is 5.57 Å². The fourth-order valence-corrected chi connectivity index (χ4v) is 2.47. The van der Waals surface area contributed by atoms with Crippen molar-refractivity contribution in [1.82, 2.24) is 5.32 Å². The quantitative estimate of drug-likeness (QED) is 0.792. The highest BCUT2D eigenvalue weighted by atomic mass is 19.3. The van der Waals surface area contributed by atoms with Crippen molar-refractivity contribution in [3.05, 3.63) is 11.1 Å². The van der Waals surface area contributed by atoms with Crippen molar-refractivity contribution < 1.29 is 13.6 Å². The molecule has 0 atom stereocenters. The van der Waals surface area contributed by atoms with Crippen LogP contribution in [0.2, 0.25) is 0 Å². The fourth-order valence-electron chi connectivity index (χ4n) is 2.47. The van der Waals surface area contributed by atoms with Crippen LogP contribution < -0.4 is 5.32 Å². The zero-order valence-electron chi connectivity index (χ0n) is 9.48. The van der Waals surface area contributed by atoms with Crippen LogP contribution in [0.25, 0.3) is 0 Å². The van der Waals surface area contributed by atoms with E-state index in [0.717, 1.165) is 30.4 Å². The molecule has 0 aliphatic heterocycles. The number of hydrogen-bond acceptors (Lipinski definition) is 1. The predicted octanol–water partition coefficient (Wildman–Crippen LogP) is 2.65. The normalized spacial score (nSPS) is 24.4. The average Bonchev–Trinajstić information content (AvgIpc) is 2.57. The average molecular weight is 229 g/mol. The van der Waals surface area contributed by atoms with Crippen molar-refractivity contribution in [1.29, 1.82) is 0 Å². The summed E-state index contributed by atoms with van der Waals surface area (Å²) >= 11 is 0. The zero-order valence-corrected chi connectivity index (χ0v) is 9.48. The van der Waals surface area contributed by atoms with E-state index in [1.807, 2.05) is 6.92 Å². The Morgan fingerprint density at radius 2 is 2.12 bits per heavy atom. The third kappa shape index (κ3) is 2.42. The van der Waals surface area contributed by atoms with Gasteiger partial charge in [0, 0.05) is 25.0 Å². The molecule has 0 aromatic carbocycles. The first kappa shape index (κ1) is 11.6. The Kier molecular flexibility index (Phi) is 3.00. The Morgan fingerprint density at radius 3 is 2.62 bits per heavy atom. The van der Waals surface area contributed by atoms with Crippen LogP contribution in [0.5, 0.6) is 0 Å². The number of carbonyl (C=O) groups is 1. The Morgan fingerprint density at radius 1 is 1.44 bits per heavy atom. The van der Waals surface area contributed by atoms with Crippen LogP contribution in [0.4, 0.5) is 8.78 Å². The number of rotatable bonds is 3. The smallest absolute Gasteiger partial charge is 0.248 e. The maximum atomic E-state index is 12.6. The summed E-state index contributed by atoms with van der Waals surface area (Å²) in [6, 6.07) is 0. The van der Waals surface area contributed by atoms with E-state index in [1.54, 1.807) is 0 Å². The van der Waals surface area contributed by atoms with E-state index in [0.29, 0.717) is 6.54 Å². The first-order chi connectivity index (χ1) is 7.48. The molecule has 2 rings (SSSR count). The number of nitrogens with one attached hydrogen (secondary N) is 1. The van der Waals surface area contributed by atoms with E-state index in [1.165, 1.54) is 0 Å². The Hall–Kier alpha value is -0.930. The van der Waals surface area contributed by atoms with Gasteiger partial charge in [-0.05, 0) is 32.1 Å². The van der Waals surface area contributed by atoms with E-state index in [4.69, 9.17) is 0 Å². The highest BCUT2D eigenvalue weighted by Gasteiger charge is 2.45. The third-order valence-corrected chi connectivity index (χ3v) is 3.49. The van der Waals surface area contributed by atoms with Gasteiger partial charge in [-0.15, -0.1) is 0 Å². The lowest BCUT2D eigenvalue weighted by atomic mass is 9.81. The summed E-state index contributed by atoms with van der Waals surface area (Å²) in [6.07, 6.45) is 2.70. The van der Waals surface area contributed by atoms with Crippen LogP contribution in [0.15, 0.2) is 11.1 Å². The monoisotopic (exact) mass is 229 g/mol. The minimum absolute atomic E-state index is 0.0405. The maximum absolute atomic E-state index is 12.6. The number of carbonyl (C=O) groups excluding carboxylic acids is 1. The molecule has 0 radical (unpaired) electrons. The van der Waals surface area contributed by atoms with Crippen molar-refractivity contribution in [2.75, 3.05) is 6.54 Å². The molecule has 2 aliphatic rings. The summed E-state index contributed by atoms with van der Waals surface area (Å²) in [7, 11) is 0. The fraction of sp³-hybridized carbons (Fsp3) is 0.750. The molecule has 1 fully saturated rings. The van der Waals surface area contributed by atoms with Gasteiger partial charge in [0.15, 0.2) is 0 Å².